The first kappa shape index (κ1) is 49.1. The van der Waals surface area contributed by atoms with Gasteiger partial charge in [0.05, 0.1) is 45.5 Å². The van der Waals surface area contributed by atoms with E-state index in [4.69, 9.17) is 9.47 Å². The maximum absolute atomic E-state index is 13.4. The minimum atomic E-state index is -4.53. The number of anilines is 2. The summed E-state index contributed by atoms with van der Waals surface area (Å²) in [6.07, 6.45) is -2.07. The molecule has 0 aliphatic carbocycles. The van der Waals surface area contributed by atoms with Gasteiger partial charge in [-0.05, 0) is 96.8 Å². The molecule has 8 aromatic rings. The smallest absolute Gasteiger partial charge is 0.416 e. The molecule has 10 rings (SSSR count). The summed E-state index contributed by atoms with van der Waals surface area (Å²) in [6.45, 7) is 0.444. The summed E-state index contributed by atoms with van der Waals surface area (Å²) in [5, 5.41) is 8.22. The van der Waals surface area contributed by atoms with Crippen LogP contribution in [0.4, 0.5) is 46.8 Å². The van der Waals surface area contributed by atoms with E-state index in [-0.39, 0.29) is 69.4 Å². The van der Waals surface area contributed by atoms with Gasteiger partial charge in [0.2, 0.25) is 11.9 Å². The van der Waals surface area contributed by atoms with Crippen LogP contribution in [0, 0.1) is 11.9 Å². The van der Waals surface area contributed by atoms with Crippen LogP contribution in [0.3, 0.4) is 0 Å². The molecule has 14 nitrogen and oxygen atoms in total. The van der Waals surface area contributed by atoms with Crippen molar-refractivity contribution in [2.24, 2.45) is 0 Å². The molecule has 0 radical (unpaired) electrons. The molecule has 4 aromatic carbocycles. The zero-order valence-corrected chi connectivity index (χ0v) is 38.4. The number of sulfonamides is 2. The lowest BCUT2D eigenvalue weighted by molar-refractivity contribution is -0.138. The van der Waals surface area contributed by atoms with Gasteiger partial charge >= 0.3 is 12.4 Å². The highest BCUT2D eigenvalue weighted by molar-refractivity contribution is 7.93. The van der Waals surface area contributed by atoms with Gasteiger partial charge in [-0.25, -0.2) is 36.2 Å². The fourth-order valence-corrected chi connectivity index (χ4v) is 10.3. The Kier molecular flexibility index (Phi) is 13.2. The third-order valence-corrected chi connectivity index (χ3v) is 14.3. The number of benzene rings is 4. The molecule has 2 aliphatic rings. The molecule has 24 heteroatoms. The lowest BCUT2D eigenvalue weighted by atomic mass is 9.85. The molecule has 372 valence electrons. The number of nitrogens with zero attached hydrogens (tertiary/aromatic N) is 6. The molecule has 0 saturated carbocycles. The van der Waals surface area contributed by atoms with Crippen molar-refractivity contribution in [3.05, 3.63) is 191 Å². The van der Waals surface area contributed by atoms with Gasteiger partial charge in [0, 0.05) is 59.9 Å². The van der Waals surface area contributed by atoms with Crippen LogP contribution in [0.2, 0.25) is 0 Å². The number of halogens is 8. The number of ether oxygens (including phenoxy) is 2. The van der Waals surface area contributed by atoms with Crippen molar-refractivity contribution in [3.8, 4) is 22.9 Å². The molecule has 72 heavy (non-hydrogen) atoms. The van der Waals surface area contributed by atoms with E-state index in [1.807, 2.05) is 0 Å². The third-order valence-electron chi connectivity index (χ3n) is 11.5. The average Bonchev–Trinajstić information content (AvgIpc) is 4.09. The lowest BCUT2D eigenvalue weighted by Gasteiger charge is -2.28. The molecule has 0 saturated heterocycles. The molecule has 4 aromatic heterocycles. The number of hydrogen-bond donors (Lipinski definition) is 2. The van der Waals surface area contributed by atoms with Crippen LogP contribution in [0.1, 0.15) is 58.1 Å². The largest absolute Gasteiger partial charge is 0.493 e. The highest BCUT2D eigenvalue weighted by Crippen LogP contribution is 2.45. The SMILES string of the molecule is O=S(=O)(Nc1cccc(F)n1)c1ccc2c(c1)OCC[C@@H]2c1ccc(C(F)(F)F)cc1-n1cccn1.O=S(=O)(Nc1cccc(F)n1)c1ccc2c(c1)OCC[C@H]2c1ccc(C(F)(F)F)cc1-n1cccn1. The molecular formula is C48H36F8N8O6S2. The predicted octanol–water partition coefficient (Wildman–Crippen LogP) is 10.3. The lowest BCUT2D eigenvalue weighted by Crippen LogP contribution is -2.19. The second-order valence-corrected chi connectivity index (χ2v) is 19.5. The topological polar surface area (TPSA) is 172 Å². The highest BCUT2D eigenvalue weighted by Gasteiger charge is 2.36. The first-order valence-electron chi connectivity index (χ1n) is 21.5. The fraction of sp³-hybridized carbons (Fsp3) is 0.167. The molecule has 6 heterocycles. The van der Waals surface area contributed by atoms with E-state index in [2.05, 4.69) is 29.6 Å². The zero-order valence-electron chi connectivity index (χ0n) is 36.8. The van der Waals surface area contributed by atoms with E-state index in [0.717, 1.165) is 36.4 Å². The molecule has 0 amide bonds. The monoisotopic (exact) mass is 1040 g/mol. The minimum absolute atomic E-state index is 0.132. The molecule has 2 aliphatic heterocycles. The van der Waals surface area contributed by atoms with E-state index >= 15 is 0 Å². The molecular weight excluding hydrogens is 1000 g/mol. The molecule has 0 fully saturated rings. The van der Waals surface area contributed by atoms with Gasteiger partial charge in [-0.15, -0.1) is 0 Å². The van der Waals surface area contributed by atoms with Crippen molar-refractivity contribution in [1.29, 1.82) is 0 Å². The van der Waals surface area contributed by atoms with Crippen molar-refractivity contribution in [2.75, 3.05) is 22.7 Å². The van der Waals surface area contributed by atoms with E-state index in [0.29, 0.717) is 35.1 Å². The highest BCUT2D eigenvalue weighted by atomic mass is 32.2. The average molecular weight is 1040 g/mol. The molecule has 2 atom stereocenters. The first-order valence-corrected chi connectivity index (χ1v) is 24.5. The Balaban J connectivity index is 0.000000178. The minimum Gasteiger partial charge on any atom is -0.493 e. The maximum atomic E-state index is 13.4. The van der Waals surface area contributed by atoms with Crippen molar-refractivity contribution in [2.45, 2.75) is 46.8 Å². The van der Waals surface area contributed by atoms with E-state index in [1.165, 1.54) is 82.4 Å². The van der Waals surface area contributed by atoms with Crippen LogP contribution in [0.5, 0.6) is 11.5 Å². The Bertz CT molecular complexity index is 3280. The zero-order chi connectivity index (χ0) is 51.0. The number of fused-ring (bicyclic) bond motifs is 2. The Morgan fingerprint density at radius 1 is 0.514 bits per heavy atom. The van der Waals surface area contributed by atoms with Gasteiger partial charge in [0.1, 0.15) is 23.1 Å². The number of rotatable bonds is 10. The predicted molar refractivity (Wildman–Crippen MR) is 244 cm³/mol. The summed E-state index contributed by atoms with van der Waals surface area (Å²) >= 11 is 0. The summed E-state index contributed by atoms with van der Waals surface area (Å²) in [5.41, 5.74) is 1.36. The summed E-state index contributed by atoms with van der Waals surface area (Å²) in [6, 6.07) is 26.2. The van der Waals surface area contributed by atoms with Crippen molar-refractivity contribution in [3.63, 3.8) is 0 Å². The normalized spacial score (nSPS) is 15.7. The van der Waals surface area contributed by atoms with Crippen LogP contribution < -0.4 is 18.9 Å². The fourth-order valence-electron chi connectivity index (χ4n) is 8.29. The van der Waals surface area contributed by atoms with Crippen LogP contribution in [0.25, 0.3) is 11.4 Å². The summed E-state index contributed by atoms with van der Waals surface area (Å²) in [4.78, 5) is 6.75. The van der Waals surface area contributed by atoms with Gasteiger partial charge < -0.3 is 9.47 Å². The molecule has 0 spiro atoms. The van der Waals surface area contributed by atoms with Gasteiger partial charge in [0.25, 0.3) is 20.0 Å². The van der Waals surface area contributed by atoms with Gasteiger partial charge in [-0.1, -0.05) is 36.4 Å². The van der Waals surface area contributed by atoms with Gasteiger partial charge in [0.15, 0.2) is 0 Å². The van der Waals surface area contributed by atoms with Crippen LogP contribution in [-0.4, -0.2) is 59.6 Å². The van der Waals surface area contributed by atoms with Crippen LogP contribution in [-0.2, 0) is 32.4 Å². The molecule has 0 bridgehead atoms. The summed E-state index contributed by atoms with van der Waals surface area (Å²) < 4.78 is 177. The van der Waals surface area contributed by atoms with Gasteiger partial charge in [-0.2, -0.15) is 45.3 Å². The third kappa shape index (κ3) is 10.6. The quantitative estimate of drug-likeness (QED) is 0.0992. The first-order chi connectivity index (χ1) is 34.2. The maximum Gasteiger partial charge on any atom is 0.416 e. The standard InChI is InChI=1S/2C24H18F4N4O3S/c2*25-22-3-1-4-23(30-22)31-36(33,34)16-6-8-19-17(9-12-35-21(19)14-16)18-7-5-15(24(26,27)28)13-20(18)32-11-2-10-29-32/h2*1-8,10-11,13-14,17H,9,12H2,(H,30,31)/t2*17-/m10/s1. The second-order valence-electron chi connectivity index (χ2n) is 16.1. The van der Waals surface area contributed by atoms with Gasteiger partial charge in [-0.3, -0.25) is 9.44 Å². The Morgan fingerprint density at radius 3 is 1.28 bits per heavy atom. The number of hydrogen-bond acceptors (Lipinski definition) is 10. The molecule has 0 unspecified atom stereocenters. The van der Waals surface area contributed by atoms with Crippen molar-refractivity contribution < 1.29 is 61.4 Å². The van der Waals surface area contributed by atoms with E-state index in [1.54, 1.807) is 36.7 Å². The number of aromatic nitrogens is 6. The number of nitrogens with one attached hydrogen (secondary N) is 2. The Hall–Kier alpha value is -7.86. The summed E-state index contributed by atoms with van der Waals surface area (Å²) in [5.74, 6) is -2.21. The van der Waals surface area contributed by atoms with Crippen LogP contribution in [0.15, 0.2) is 156 Å². The number of alkyl halides is 6. The number of pyridine rings is 2. The van der Waals surface area contributed by atoms with Crippen molar-refractivity contribution >= 4 is 31.7 Å². The molecule has 2 N–H and O–H groups in total. The van der Waals surface area contributed by atoms with E-state index in [9.17, 15) is 52.0 Å². The van der Waals surface area contributed by atoms with Crippen molar-refractivity contribution in [1.82, 2.24) is 29.5 Å². The Morgan fingerprint density at radius 2 is 0.917 bits per heavy atom. The second kappa shape index (κ2) is 19.4. The van der Waals surface area contributed by atoms with Crippen LogP contribution >= 0.6 is 0 Å². The van der Waals surface area contributed by atoms with E-state index < -0.39 is 55.4 Å². The summed E-state index contributed by atoms with van der Waals surface area (Å²) in [7, 11) is -8.22. The Labute approximate surface area is 405 Å².